The van der Waals surface area contributed by atoms with Gasteiger partial charge >= 0.3 is 0 Å². The number of rotatable bonds is 5. The lowest BCUT2D eigenvalue weighted by Crippen LogP contribution is -2.28. The molecule has 0 aliphatic carbocycles. The summed E-state index contributed by atoms with van der Waals surface area (Å²) in [7, 11) is 0. The molecule has 0 bridgehead atoms. The van der Waals surface area contributed by atoms with Crippen molar-refractivity contribution in [2.75, 3.05) is 26.2 Å². The second-order valence-electron chi connectivity index (χ2n) is 5.16. The second kappa shape index (κ2) is 6.57. The van der Waals surface area contributed by atoms with Crippen LogP contribution in [0.1, 0.15) is 35.2 Å². The molecule has 1 aromatic rings. The first-order chi connectivity index (χ1) is 9.16. The number of carbonyl (C=O) groups is 1. The Hall–Kier alpha value is -1.55. The highest BCUT2D eigenvalue weighted by Gasteiger charge is 2.11. The summed E-state index contributed by atoms with van der Waals surface area (Å²) in [5, 5.41) is 12.3. The fraction of sp³-hybridized carbons (Fsp3) is 0.533. The maximum Gasteiger partial charge on any atom is 0.251 e. The van der Waals surface area contributed by atoms with Crippen LogP contribution in [0.2, 0.25) is 0 Å². The molecule has 1 aliphatic heterocycles. The number of aryl methyl sites for hydroxylation is 1. The van der Waals surface area contributed by atoms with E-state index >= 15 is 0 Å². The zero-order valence-corrected chi connectivity index (χ0v) is 11.5. The number of likely N-dealkylation sites (tertiary alicyclic amines) is 1. The molecule has 2 rings (SSSR count). The maximum atomic E-state index is 11.9. The van der Waals surface area contributed by atoms with E-state index in [1.54, 1.807) is 25.1 Å². The van der Waals surface area contributed by atoms with E-state index in [4.69, 9.17) is 0 Å². The molecule has 1 saturated heterocycles. The SMILES string of the molecule is Cc1cc(C(=O)NCCCN2CCCC2)ccc1O. The second-order valence-corrected chi connectivity index (χ2v) is 5.16. The topological polar surface area (TPSA) is 52.6 Å². The van der Waals surface area contributed by atoms with Crippen molar-refractivity contribution in [2.45, 2.75) is 26.2 Å². The smallest absolute Gasteiger partial charge is 0.251 e. The molecule has 1 heterocycles. The van der Waals surface area contributed by atoms with Crippen LogP contribution in [-0.4, -0.2) is 42.1 Å². The van der Waals surface area contributed by atoms with Crippen molar-refractivity contribution < 1.29 is 9.90 Å². The van der Waals surface area contributed by atoms with Gasteiger partial charge < -0.3 is 15.3 Å². The van der Waals surface area contributed by atoms with Gasteiger partial charge in [0.1, 0.15) is 5.75 Å². The summed E-state index contributed by atoms with van der Waals surface area (Å²) in [6.45, 7) is 5.96. The molecular weight excluding hydrogens is 240 g/mol. The summed E-state index contributed by atoms with van der Waals surface area (Å²) in [4.78, 5) is 14.3. The minimum absolute atomic E-state index is 0.0653. The molecule has 0 atom stereocenters. The predicted molar refractivity (Wildman–Crippen MR) is 75.5 cm³/mol. The first kappa shape index (κ1) is 13.9. The van der Waals surface area contributed by atoms with Crippen LogP contribution in [-0.2, 0) is 0 Å². The van der Waals surface area contributed by atoms with Crippen LogP contribution in [0.15, 0.2) is 18.2 Å². The standard InChI is InChI=1S/C15H22N2O2/c1-12-11-13(5-6-14(12)18)15(19)16-7-4-10-17-8-2-3-9-17/h5-6,11,18H,2-4,7-10H2,1H3,(H,16,19). The van der Waals surface area contributed by atoms with Gasteiger partial charge in [-0.05, 0) is 69.6 Å². The number of phenolic OH excluding ortho intramolecular Hbond substituents is 1. The normalized spacial score (nSPS) is 15.6. The van der Waals surface area contributed by atoms with E-state index in [2.05, 4.69) is 10.2 Å². The lowest BCUT2D eigenvalue weighted by molar-refractivity contribution is 0.0952. The predicted octanol–water partition coefficient (Wildman–Crippen LogP) is 1.92. The van der Waals surface area contributed by atoms with Crippen LogP contribution in [0.3, 0.4) is 0 Å². The summed E-state index contributed by atoms with van der Waals surface area (Å²) in [6.07, 6.45) is 3.60. The van der Waals surface area contributed by atoms with Crippen molar-refractivity contribution in [3.05, 3.63) is 29.3 Å². The largest absolute Gasteiger partial charge is 0.508 e. The fourth-order valence-electron chi connectivity index (χ4n) is 2.41. The number of aromatic hydroxyl groups is 1. The Labute approximate surface area is 114 Å². The highest BCUT2D eigenvalue weighted by Crippen LogP contribution is 2.16. The van der Waals surface area contributed by atoms with E-state index < -0.39 is 0 Å². The molecular formula is C15H22N2O2. The minimum atomic E-state index is -0.0653. The molecule has 1 amide bonds. The van der Waals surface area contributed by atoms with Crippen LogP contribution in [0.4, 0.5) is 0 Å². The van der Waals surface area contributed by atoms with Crippen molar-refractivity contribution in [1.82, 2.24) is 10.2 Å². The van der Waals surface area contributed by atoms with Crippen molar-refractivity contribution in [3.8, 4) is 5.75 Å². The van der Waals surface area contributed by atoms with Crippen molar-refractivity contribution in [3.63, 3.8) is 0 Å². The Kier molecular flexibility index (Phi) is 4.80. The highest BCUT2D eigenvalue weighted by atomic mass is 16.3. The third-order valence-corrected chi connectivity index (χ3v) is 3.59. The molecule has 104 valence electrons. The van der Waals surface area contributed by atoms with Crippen LogP contribution < -0.4 is 5.32 Å². The minimum Gasteiger partial charge on any atom is -0.508 e. The summed E-state index contributed by atoms with van der Waals surface area (Å²) in [5.41, 5.74) is 1.33. The molecule has 4 heteroatoms. The molecule has 0 spiro atoms. The van der Waals surface area contributed by atoms with Crippen LogP contribution in [0, 0.1) is 6.92 Å². The quantitative estimate of drug-likeness (QED) is 0.797. The number of benzene rings is 1. The van der Waals surface area contributed by atoms with Crippen LogP contribution >= 0.6 is 0 Å². The van der Waals surface area contributed by atoms with Crippen molar-refractivity contribution in [1.29, 1.82) is 0 Å². The molecule has 19 heavy (non-hydrogen) atoms. The number of nitrogens with one attached hydrogen (secondary N) is 1. The number of phenols is 1. The molecule has 2 N–H and O–H groups in total. The first-order valence-electron chi connectivity index (χ1n) is 6.97. The zero-order valence-electron chi connectivity index (χ0n) is 11.5. The summed E-state index contributed by atoms with van der Waals surface area (Å²) in [6, 6.07) is 4.93. The summed E-state index contributed by atoms with van der Waals surface area (Å²) >= 11 is 0. The molecule has 0 aromatic heterocycles. The Morgan fingerprint density at radius 2 is 2.11 bits per heavy atom. The maximum absolute atomic E-state index is 11.9. The highest BCUT2D eigenvalue weighted by molar-refractivity contribution is 5.94. The Morgan fingerprint density at radius 3 is 2.79 bits per heavy atom. The Balaban J connectivity index is 1.72. The molecule has 1 aromatic carbocycles. The van der Waals surface area contributed by atoms with Gasteiger partial charge in [0, 0.05) is 12.1 Å². The monoisotopic (exact) mass is 262 g/mol. The Bertz CT molecular complexity index is 440. The lowest BCUT2D eigenvalue weighted by atomic mass is 10.1. The van der Waals surface area contributed by atoms with E-state index in [9.17, 15) is 9.90 Å². The van der Waals surface area contributed by atoms with Gasteiger partial charge in [-0.15, -0.1) is 0 Å². The Morgan fingerprint density at radius 1 is 1.37 bits per heavy atom. The molecule has 1 aliphatic rings. The molecule has 0 saturated carbocycles. The van der Waals surface area contributed by atoms with Crippen molar-refractivity contribution in [2.24, 2.45) is 0 Å². The van der Waals surface area contributed by atoms with E-state index in [0.29, 0.717) is 12.1 Å². The average Bonchev–Trinajstić information content (AvgIpc) is 2.91. The number of hydrogen-bond donors (Lipinski definition) is 2. The number of hydrogen-bond acceptors (Lipinski definition) is 3. The third-order valence-electron chi connectivity index (χ3n) is 3.59. The van der Waals surface area contributed by atoms with E-state index in [0.717, 1.165) is 18.5 Å². The molecule has 4 nitrogen and oxygen atoms in total. The van der Waals surface area contributed by atoms with Crippen LogP contribution in [0.5, 0.6) is 5.75 Å². The van der Waals surface area contributed by atoms with E-state index in [1.165, 1.54) is 25.9 Å². The van der Waals surface area contributed by atoms with Gasteiger partial charge in [-0.2, -0.15) is 0 Å². The molecule has 1 fully saturated rings. The van der Waals surface area contributed by atoms with E-state index in [1.807, 2.05) is 0 Å². The third kappa shape index (κ3) is 3.96. The van der Waals surface area contributed by atoms with E-state index in [-0.39, 0.29) is 11.7 Å². The van der Waals surface area contributed by atoms with Gasteiger partial charge in [0.15, 0.2) is 0 Å². The zero-order chi connectivity index (χ0) is 13.7. The van der Waals surface area contributed by atoms with Gasteiger partial charge in [-0.25, -0.2) is 0 Å². The van der Waals surface area contributed by atoms with Crippen LogP contribution in [0.25, 0.3) is 0 Å². The first-order valence-corrected chi connectivity index (χ1v) is 6.97. The number of nitrogens with zero attached hydrogens (tertiary/aromatic N) is 1. The lowest BCUT2D eigenvalue weighted by Gasteiger charge is -2.14. The van der Waals surface area contributed by atoms with Gasteiger partial charge in [-0.1, -0.05) is 0 Å². The van der Waals surface area contributed by atoms with Gasteiger partial charge in [0.25, 0.3) is 5.91 Å². The fourth-order valence-corrected chi connectivity index (χ4v) is 2.41. The van der Waals surface area contributed by atoms with Gasteiger partial charge in [-0.3, -0.25) is 4.79 Å². The summed E-state index contributed by atoms with van der Waals surface area (Å²) < 4.78 is 0. The number of amides is 1. The molecule has 0 radical (unpaired) electrons. The van der Waals surface area contributed by atoms with Crippen molar-refractivity contribution >= 4 is 5.91 Å². The van der Waals surface area contributed by atoms with Gasteiger partial charge in [0.2, 0.25) is 0 Å². The summed E-state index contributed by atoms with van der Waals surface area (Å²) in [5.74, 6) is 0.162. The van der Waals surface area contributed by atoms with Gasteiger partial charge in [0.05, 0.1) is 0 Å². The average molecular weight is 262 g/mol. The molecule has 0 unspecified atom stereocenters. The number of carbonyl (C=O) groups excluding carboxylic acids is 1.